The van der Waals surface area contributed by atoms with E-state index < -0.39 is 0 Å². The van der Waals surface area contributed by atoms with Crippen LogP contribution in [0.15, 0.2) is 10.8 Å². The van der Waals surface area contributed by atoms with Crippen molar-refractivity contribution in [3.63, 3.8) is 0 Å². The van der Waals surface area contributed by atoms with Gasteiger partial charge in [0.1, 0.15) is 16.9 Å². The highest BCUT2D eigenvalue weighted by Gasteiger charge is 2.24. The zero-order valence-corrected chi connectivity index (χ0v) is 11.4. The van der Waals surface area contributed by atoms with Crippen LogP contribution >= 0.6 is 15.9 Å². The highest BCUT2D eigenvalue weighted by Crippen LogP contribution is 2.32. The Morgan fingerprint density at radius 1 is 1.41 bits per heavy atom. The Morgan fingerprint density at radius 3 is 2.88 bits per heavy atom. The van der Waals surface area contributed by atoms with Crippen molar-refractivity contribution in [2.75, 3.05) is 5.43 Å². The lowest BCUT2D eigenvalue weighted by Crippen LogP contribution is -2.28. The number of hydrogen-bond donors (Lipinski definition) is 2. The number of nitrogens with two attached hydrogens (primary N) is 1. The average molecular weight is 301 g/mol. The van der Waals surface area contributed by atoms with Crippen molar-refractivity contribution in [2.45, 2.75) is 38.7 Å². The second-order valence-electron chi connectivity index (χ2n) is 4.40. The molecular formula is C11H17BrN4O. The summed E-state index contributed by atoms with van der Waals surface area (Å²) in [6.07, 6.45) is 6.50. The minimum atomic E-state index is 0.237. The van der Waals surface area contributed by atoms with Crippen LogP contribution in [0.1, 0.15) is 32.6 Å². The number of halogens is 1. The third-order valence-electron chi connectivity index (χ3n) is 3.19. The molecule has 3 N–H and O–H groups in total. The Morgan fingerprint density at radius 2 is 2.18 bits per heavy atom. The predicted octanol–water partition coefficient (Wildman–Crippen LogP) is 2.48. The van der Waals surface area contributed by atoms with Gasteiger partial charge >= 0.3 is 0 Å². The normalized spacial score (nSPS) is 24.4. The molecule has 1 aliphatic carbocycles. The molecule has 94 valence electrons. The van der Waals surface area contributed by atoms with E-state index in [-0.39, 0.29) is 6.10 Å². The zero-order valence-electron chi connectivity index (χ0n) is 9.82. The topological polar surface area (TPSA) is 73.1 Å². The molecule has 0 aromatic carbocycles. The van der Waals surface area contributed by atoms with Crippen LogP contribution in [0.3, 0.4) is 0 Å². The van der Waals surface area contributed by atoms with Crippen LogP contribution in [0.2, 0.25) is 0 Å². The lowest BCUT2D eigenvalue weighted by atomic mass is 9.88. The molecule has 0 radical (unpaired) electrons. The first kappa shape index (κ1) is 12.6. The van der Waals surface area contributed by atoms with Gasteiger partial charge in [0.2, 0.25) is 5.88 Å². The zero-order chi connectivity index (χ0) is 12.3. The SMILES string of the molecule is CC1CCCCC1Oc1ncnc(NN)c1Br. The molecule has 0 amide bonds. The van der Waals surface area contributed by atoms with Crippen molar-refractivity contribution in [1.82, 2.24) is 9.97 Å². The van der Waals surface area contributed by atoms with Crippen LogP contribution < -0.4 is 16.0 Å². The van der Waals surface area contributed by atoms with E-state index in [1.165, 1.54) is 25.6 Å². The molecule has 1 aromatic rings. The summed E-state index contributed by atoms with van der Waals surface area (Å²) in [5.41, 5.74) is 2.51. The molecule has 17 heavy (non-hydrogen) atoms. The number of nitrogens with one attached hydrogen (secondary N) is 1. The second-order valence-corrected chi connectivity index (χ2v) is 5.20. The van der Waals surface area contributed by atoms with Crippen molar-refractivity contribution in [3.05, 3.63) is 10.8 Å². The van der Waals surface area contributed by atoms with Crippen molar-refractivity contribution < 1.29 is 4.74 Å². The third-order valence-corrected chi connectivity index (χ3v) is 3.90. The number of ether oxygens (including phenoxy) is 1. The van der Waals surface area contributed by atoms with E-state index in [1.54, 1.807) is 0 Å². The standard InChI is InChI=1S/C11H17BrN4O/c1-7-4-2-3-5-8(7)17-11-9(12)10(16-13)14-6-15-11/h6-8H,2-5,13H2,1H3,(H,14,15,16). The molecule has 1 aliphatic rings. The van der Waals surface area contributed by atoms with E-state index in [4.69, 9.17) is 10.6 Å². The minimum absolute atomic E-state index is 0.237. The molecule has 5 nitrogen and oxygen atoms in total. The minimum Gasteiger partial charge on any atom is -0.473 e. The third kappa shape index (κ3) is 2.87. The van der Waals surface area contributed by atoms with E-state index in [0.717, 1.165) is 6.42 Å². The molecule has 1 fully saturated rings. The average Bonchev–Trinajstić information content (AvgIpc) is 2.34. The molecule has 6 heteroatoms. The van der Waals surface area contributed by atoms with Gasteiger partial charge in [-0.05, 0) is 41.1 Å². The number of nitrogen functional groups attached to an aromatic ring is 1. The predicted molar refractivity (Wildman–Crippen MR) is 69.6 cm³/mol. The highest BCUT2D eigenvalue weighted by molar-refractivity contribution is 9.10. The van der Waals surface area contributed by atoms with Crippen molar-refractivity contribution in [1.29, 1.82) is 0 Å². The summed E-state index contributed by atoms with van der Waals surface area (Å²) in [6, 6.07) is 0. The van der Waals surface area contributed by atoms with Crippen molar-refractivity contribution in [3.8, 4) is 5.88 Å². The Kier molecular flexibility index (Phi) is 4.17. The molecule has 0 saturated heterocycles. The maximum absolute atomic E-state index is 5.95. The van der Waals surface area contributed by atoms with Crippen molar-refractivity contribution in [2.24, 2.45) is 11.8 Å². The van der Waals surface area contributed by atoms with E-state index in [1.807, 2.05) is 0 Å². The van der Waals surface area contributed by atoms with Gasteiger partial charge in [-0.1, -0.05) is 13.3 Å². The lowest BCUT2D eigenvalue weighted by molar-refractivity contribution is 0.0966. The fourth-order valence-electron chi connectivity index (χ4n) is 2.14. The van der Waals surface area contributed by atoms with Gasteiger partial charge in [-0.3, -0.25) is 0 Å². The molecule has 2 rings (SSSR count). The molecule has 2 atom stereocenters. The Hall–Kier alpha value is -0.880. The molecule has 0 bridgehead atoms. The van der Waals surface area contributed by atoms with Crippen LogP contribution in [0.4, 0.5) is 5.82 Å². The Bertz CT molecular complexity index is 388. The van der Waals surface area contributed by atoms with E-state index in [2.05, 4.69) is 38.2 Å². The van der Waals surface area contributed by atoms with E-state index in [9.17, 15) is 0 Å². The first-order valence-electron chi connectivity index (χ1n) is 5.86. The van der Waals surface area contributed by atoms with Gasteiger partial charge in [-0.25, -0.2) is 15.8 Å². The van der Waals surface area contributed by atoms with Gasteiger partial charge in [-0.2, -0.15) is 0 Å². The van der Waals surface area contributed by atoms with Crippen LogP contribution in [0, 0.1) is 5.92 Å². The summed E-state index contributed by atoms with van der Waals surface area (Å²) in [6.45, 7) is 2.22. The van der Waals surface area contributed by atoms with Crippen LogP contribution in [-0.2, 0) is 0 Å². The van der Waals surface area contributed by atoms with Gasteiger partial charge in [0, 0.05) is 0 Å². The number of rotatable bonds is 3. The summed E-state index contributed by atoms with van der Waals surface area (Å²) < 4.78 is 6.63. The fourth-order valence-corrected chi connectivity index (χ4v) is 2.55. The molecule has 1 saturated carbocycles. The number of aromatic nitrogens is 2. The van der Waals surface area contributed by atoms with Crippen LogP contribution in [0.25, 0.3) is 0 Å². The number of hydrogen-bond acceptors (Lipinski definition) is 5. The van der Waals surface area contributed by atoms with Crippen LogP contribution in [0.5, 0.6) is 5.88 Å². The highest BCUT2D eigenvalue weighted by atomic mass is 79.9. The Labute approximate surface area is 109 Å². The summed E-state index contributed by atoms with van der Waals surface area (Å²) in [7, 11) is 0. The van der Waals surface area contributed by atoms with Gasteiger partial charge in [0.15, 0.2) is 5.82 Å². The second kappa shape index (κ2) is 5.64. The molecule has 0 spiro atoms. The first-order valence-corrected chi connectivity index (χ1v) is 6.65. The van der Waals surface area contributed by atoms with E-state index in [0.29, 0.717) is 22.1 Å². The number of nitrogens with zero attached hydrogens (tertiary/aromatic N) is 2. The smallest absolute Gasteiger partial charge is 0.233 e. The molecule has 1 heterocycles. The van der Waals surface area contributed by atoms with Crippen LogP contribution in [-0.4, -0.2) is 16.1 Å². The summed E-state index contributed by atoms with van der Waals surface area (Å²) in [5.74, 6) is 7.03. The quantitative estimate of drug-likeness (QED) is 0.663. The first-order chi connectivity index (χ1) is 8.22. The van der Waals surface area contributed by atoms with Gasteiger partial charge in [0.05, 0.1) is 0 Å². The lowest BCUT2D eigenvalue weighted by Gasteiger charge is -2.29. The monoisotopic (exact) mass is 300 g/mol. The summed E-state index contributed by atoms with van der Waals surface area (Å²) >= 11 is 3.40. The van der Waals surface area contributed by atoms with Gasteiger partial charge < -0.3 is 10.2 Å². The summed E-state index contributed by atoms with van der Waals surface area (Å²) in [4.78, 5) is 8.14. The largest absolute Gasteiger partial charge is 0.473 e. The molecular weight excluding hydrogens is 284 g/mol. The van der Waals surface area contributed by atoms with Crippen molar-refractivity contribution >= 4 is 21.7 Å². The summed E-state index contributed by atoms with van der Waals surface area (Å²) in [5, 5.41) is 0. The van der Waals surface area contributed by atoms with Gasteiger partial charge in [-0.15, -0.1) is 0 Å². The molecule has 1 aromatic heterocycles. The molecule has 2 unspecified atom stereocenters. The number of hydrazine groups is 1. The van der Waals surface area contributed by atoms with E-state index >= 15 is 0 Å². The maximum Gasteiger partial charge on any atom is 0.233 e. The maximum atomic E-state index is 5.95. The number of anilines is 1. The van der Waals surface area contributed by atoms with Gasteiger partial charge in [0.25, 0.3) is 0 Å². The fraction of sp³-hybridized carbons (Fsp3) is 0.636. The molecule has 0 aliphatic heterocycles. The Balaban J connectivity index is 2.12.